The zero-order valence-corrected chi connectivity index (χ0v) is 23.2. The maximum absolute atomic E-state index is 6.10. The Morgan fingerprint density at radius 3 is 2.19 bits per heavy atom. The van der Waals surface area contributed by atoms with Gasteiger partial charge in [0.1, 0.15) is 18.1 Å². The van der Waals surface area contributed by atoms with Crippen molar-refractivity contribution in [3.63, 3.8) is 0 Å². The Labute approximate surface area is 196 Å². The SMILES string of the molecule is C[Si](C)(C)CCOCn1cc(-c2cc3cnc(Br)cc3n2COCC[Si](C)(C)C)cn1. The average Bonchev–Trinajstić information content (AvgIpc) is 3.25. The summed E-state index contributed by atoms with van der Waals surface area (Å²) in [5.41, 5.74) is 3.23. The highest BCUT2D eigenvalue weighted by atomic mass is 79.9. The molecule has 170 valence electrons. The van der Waals surface area contributed by atoms with E-state index in [0.29, 0.717) is 13.5 Å². The zero-order valence-electron chi connectivity index (χ0n) is 19.6. The molecule has 0 bridgehead atoms. The minimum atomic E-state index is -1.12. The van der Waals surface area contributed by atoms with E-state index in [2.05, 4.69) is 75.9 Å². The summed E-state index contributed by atoms with van der Waals surface area (Å²) in [6.07, 6.45) is 5.84. The quantitative estimate of drug-likeness (QED) is 0.168. The van der Waals surface area contributed by atoms with Crippen molar-refractivity contribution in [2.24, 2.45) is 0 Å². The lowest BCUT2D eigenvalue weighted by molar-refractivity contribution is 0.0786. The van der Waals surface area contributed by atoms with Crippen LogP contribution in [0.15, 0.2) is 35.3 Å². The summed E-state index contributed by atoms with van der Waals surface area (Å²) in [6, 6.07) is 6.51. The molecule has 0 spiro atoms. The summed E-state index contributed by atoms with van der Waals surface area (Å²) in [7, 11) is -2.20. The second kappa shape index (κ2) is 10.1. The Hall–Kier alpha value is -1.27. The molecule has 3 rings (SSSR count). The fourth-order valence-electron chi connectivity index (χ4n) is 3.15. The van der Waals surface area contributed by atoms with Crippen LogP contribution in [0.1, 0.15) is 0 Å². The van der Waals surface area contributed by atoms with Gasteiger partial charge in [-0.2, -0.15) is 5.10 Å². The first kappa shape index (κ1) is 24.4. The molecular weight excluding hydrogens is 488 g/mol. The lowest BCUT2D eigenvalue weighted by Crippen LogP contribution is -2.22. The molecule has 9 heteroatoms. The second-order valence-electron chi connectivity index (χ2n) is 10.5. The molecule has 0 aliphatic carbocycles. The Kier molecular flexibility index (Phi) is 7.96. The summed E-state index contributed by atoms with van der Waals surface area (Å²) in [5, 5.41) is 5.60. The van der Waals surface area contributed by atoms with Gasteiger partial charge in [0.25, 0.3) is 0 Å². The van der Waals surface area contributed by atoms with Gasteiger partial charge in [-0.25, -0.2) is 9.67 Å². The monoisotopic (exact) mass is 522 g/mol. The molecular formula is C22H35BrN4O2Si2. The minimum absolute atomic E-state index is 0.477. The van der Waals surface area contributed by atoms with Crippen LogP contribution in [0.25, 0.3) is 22.2 Å². The first-order chi connectivity index (χ1) is 14.5. The van der Waals surface area contributed by atoms with Crippen molar-refractivity contribution in [3.05, 3.63) is 35.3 Å². The molecule has 0 N–H and O–H groups in total. The van der Waals surface area contributed by atoms with Gasteiger partial charge in [0.2, 0.25) is 0 Å². The van der Waals surface area contributed by atoms with E-state index < -0.39 is 16.1 Å². The Bertz CT molecular complexity index is 1010. The van der Waals surface area contributed by atoms with E-state index in [1.165, 1.54) is 0 Å². The molecule has 0 amide bonds. The summed E-state index contributed by atoms with van der Waals surface area (Å²) in [4.78, 5) is 4.39. The normalized spacial score (nSPS) is 12.7. The summed E-state index contributed by atoms with van der Waals surface area (Å²) in [6.45, 7) is 16.8. The first-order valence-corrected chi connectivity index (χ1v) is 19.1. The molecule has 3 heterocycles. The molecule has 3 aromatic heterocycles. The highest BCUT2D eigenvalue weighted by Crippen LogP contribution is 2.29. The van der Waals surface area contributed by atoms with Crippen molar-refractivity contribution in [2.45, 2.75) is 64.8 Å². The van der Waals surface area contributed by atoms with E-state index in [9.17, 15) is 0 Å². The summed E-state index contributed by atoms with van der Waals surface area (Å²) < 4.78 is 16.8. The standard InChI is InChI=1S/C22H35BrN4O2Si2/c1-30(2,3)9-7-28-16-26-15-19(14-25-26)20-11-18-13-24-22(23)12-21(18)27(20)17-29-8-10-31(4,5)6/h11-15H,7-10,16-17H2,1-6H3. The van der Waals surface area contributed by atoms with Crippen LogP contribution in [0.5, 0.6) is 0 Å². The number of hydrogen-bond donors (Lipinski definition) is 0. The number of hydrogen-bond acceptors (Lipinski definition) is 4. The minimum Gasteiger partial charge on any atom is -0.361 e. The third-order valence-electron chi connectivity index (χ3n) is 5.12. The van der Waals surface area contributed by atoms with Crippen LogP contribution in [0.3, 0.4) is 0 Å². The van der Waals surface area contributed by atoms with Gasteiger partial charge < -0.3 is 14.0 Å². The Morgan fingerprint density at radius 1 is 0.903 bits per heavy atom. The van der Waals surface area contributed by atoms with Crippen molar-refractivity contribution in [3.8, 4) is 11.3 Å². The second-order valence-corrected chi connectivity index (χ2v) is 22.5. The molecule has 0 unspecified atom stereocenters. The van der Waals surface area contributed by atoms with Gasteiger partial charge in [-0.3, -0.25) is 0 Å². The van der Waals surface area contributed by atoms with Gasteiger partial charge in [-0.05, 0) is 40.2 Å². The molecule has 0 aromatic carbocycles. The van der Waals surface area contributed by atoms with Crippen molar-refractivity contribution >= 4 is 43.0 Å². The number of ether oxygens (including phenoxy) is 2. The number of nitrogens with zero attached hydrogens (tertiary/aromatic N) is 4. The number of halogens is 1. The van der Waals surface area contributed by atoms with Gasteiger partial charge >= 0.3 is 0 Å². The Morgan fingerprint density at radius 2 is 1.55 bits per heavy atom. The highest BCUT2D eigenvalue weighted by Gasteiger charge is 2.16. The third-order valence-corrected chi connectivity index (χ3v) is 8.96. The predicted octanol–water partition coefficient (Wildman–Crippen LogP) is 6.29. The topological polar surface area (TPSA) is 54.1 Å². The molecule has 0 atom stereocenters. The van der Waals surface area contributed by atoms with E-state index in [1.807, 2.05) is 29.3 Å². The van der Waals surface area contributed by atoms with E-state index in [4.69, 9.17) is 9.47 Å². The maximum atomic E-state index is 6.10. The Balaban J connectivity index is 1.75. The van der Waals surface area contributed by atoms with Crippen LogP contribution in [0, 0.1) is 0 Å². The molecule has 0 aliphatic rings. The van der Waals surface area contributed by atoms with Crippen molar-refractivity contribution in [1.82, 2.24) is 19.3 Å². The van der Waals surface area contributed by atoms with Crippen molar-refractivity contribution in [2.75, 3.05) is 13.2 Å². The zero-order chi connectivity index (χ0) is 22.6. The molecule has 0 saturated carbocycles. The van der Waals surface area contributed by atoms with Crippen LogP contribution < -0.4 is 0 Å². The lowest BCUT2D eigenvalue weighted by Gasteiger charge is -2.16. The van der Waals surface area contributed by atoms with Crippen LogP contribution >= 0.6 is 15.9 Å². The fraction of sp³-hybridized carbons (Fsp3) is 0.545. The van der Waals surface area contributed by atoms with E-state index >= 15 is 0 Å². The number of aromatic nitrogens is 4. The maximum Gasteiger partial charge on any atom is 0.139 e. The van der Waals surface area contributed by atoms with Gasteiger partial charge in [0.15, 0.2) is 0 Å². The average molecular weight is 524 g/mol. The lowest BCUT2D eigenvalue weighted by atomic mass is 10.2. The van der Waals surface area contributed by atoms with Crippen LogP contribution in [-0.4, -0.2) is 48.7 Å². The van der Waals surface area contributed by atoms with E-state index in [-0.39, 0.29) is 0 Å². The van der Waals surface area contributed by atoms with Gasteiger partial charge in [0, 0.05) is 52.7 Å². The third kappa shape index (κ3) is 7.38. The van der Waals surface area contributed by atoms with Crippen LogP contribution in [0.2, 0.25) is 51.4 Å². The molecule has 0 saturated heterocycles. The van der Waals surface area contributed by atoms with E-state index in [0.717, 1.165) is 52.1 Å². The van der Waals surface area contributed by atoms with Crippen molar-refractivity contribution in [1.29, 1.82) is 0 Å². The van der Waals surface area contributed by atoms with E-state index in [1.54, 1.807) is 0 Å². The molecule has 0 fully saturated rings. The molecule has 0 aliphatic heterocycles. The number of fused-ring (bicyclic) bond motifs is 1. The predicted molar refractivity (Wildman–Crippen MR) is 137 cm³/mol. The molecule has 0 radical (unpaired) electrons. The van der Waals surface area contributed by atoms with Crippen LogP contribution in [0.4, 0.5) is 0 Å². The smallest absolute Gasteiger partial charge is 0.139 e. The van der Waals surface area contributed by atoms with Gasteiger partial charge in [-0.15, -0.1) is 0 Å². The van der Waals surface area contributed by atoms with Crippen LogP contribution in [-0.2, 0) is 22.9 Å². The fourth-order valence-corrected chi connectivity index (χ4v) is 4.98. The number of rotatable bonds is 11. The highest BCUT2D eigenvalue weighted by molar-refractivity contribution is 9.10. The molecule has 3 aromatic rings. The molecule has 6 nitrogen and oxygen atoms in total. The first-order valence-electron chi connectivity index (χ1n) is 10.8. The summed E-state index contributed by atoms with van der Waals surface area (Å²) >= 11 is 3.50. The van der Waals surface area contributed by atoms with Gasteiger partial charge in [0.05, 0.1) is 17.4 Å². The number of pyridine rings is 1. The largest absolute Gasteiger partial charge is 0.361 e. The van der Waals surface area contributed by atoms with Gasteiger partial charge in [-0.1, -0.05) is 39.3 Å². The molecule has 31 heavy (non-hydrogen) atoms. The van der Waals surface area contributed by atoms with Crippen molar-refractivity contribution < 1.29 is 9.47 Å². The summed E-state index contributed by atoms with van der Waals surface area (Å²) in [5.74, 6) is 0.